The summed E-state index contributed by atoms with van der Waals surface area (Å²) in [5, 5.41) is 2.84. The average molecular weight is 314 g/mol. The number of hydrogen-bond acceptors (Lipinski definition) is 1. The zero-order chi connectivity index (χ0) is 13.0. The maximum atomic E-state index is 13.5. The third-order valence-corrected chi connectivity index (χ3v) is 3.93. The first-order valence-electron chi connectivity index (χ1n) is 6.38. The van der Waals surface area contributed by atoms with Gasteiger partial charge in [-0.3, -0.25) is 4.79 Å². The van der Waals surface area contributed by atoms with E-state index in [0.29, 0.717) is 5.56 Å². The fraction of sp³-hybridized carbons (Fsp3) is 0.500. The SMILES string of the molecule is O=C(NCc1cc(Br)ccc1F)C1CCCCC1. The van der Waals surface area contributed by atoms with E-state index in [4.69, 9.17) is 0 Å². The first-order valence-corrected chi connectivity index (χ1v) is 7.18. The minimum absolute atomic E-state index is 0.0640. The number of amides is 1. The van der Waals surface area contributed by atoms with E-state index in [1.807, 2.05) is 0 Å². The Bertz CT molecular complexity index is 430. The van der Waals surface area contributed by atoms with Crippen LogP contribution in [0.2, 0.25) is 0 Å². The van der Waals surface area contributed by atoms with Crippen molar-refractivity contribution in [2.45, 2.75) is 38.6 Å². The predicted octanol–water partition coefficient (Wildman–Crippen LogP) is 3.78. The topological polar surface area (TPSA) is 29.1 Å². The van der Waals surface area contributed by atoms with Crippen LogP contribution >= 0.6 is 15.9 Å². The zero-order valence-corrected chi connectivity index (χ0v) is 11.8. The van der Waals surface area contributed by atoms with Crippen LogP contribution in [-0.2, 0) is 11.3 Å². The van der Waals surface area contributed by atoms with Gasteiger partial charge in [0.05, 0.1) is 0 Å². The van der Waals surface area contributed by atoms with Crippen molar-refractivity contribution < 1.29 is 9.18 Å². The monoisotopic (exact) mass is 313 g/mol. The molecule has 0 aromatic heterocycles. The zero-order valence-electron chi connectivity index (χ0n) is 10.2. The molecule has 0 atom stereocenters. The molecule has 0 aliphatic heterocycles. The number of rotatable bonds is 3. The number of carbonyl (C=O) groups is 1. The number of halogens is 2. The lowest BCUT2D eigenvalue weighted by atomic mass is 9.88. The third kappa shape index (κ3) is 3.55. The third-order valence-electron chi connectivity index (χ3n) is 3.44. The Morgan fingerprint density at radius 2 is 2.06 bits per heavy atom. The van der Waals surface area contributed by atoms with Gasteiger partial charge in [-0.25, -0.2) is 4.39 Å². The van der Waals surface area contributed by atoms with Crippen molar-refractivity contribution in [1.29, 1.82) is 0 Å². The van der Waals surface area contributed by atoms with E-state index in [1.165, 1.54) is 12.5 Å². The number of nitrogens with one attached hydrogen (secondary N) is 1. The van der Waals surface area contributed by atoms with Gasteiger partial charge in [0.2, 0.25) is 5.91 Å². The van der Waals surface area contributed by atoms with Crippen LogP contribution in [-0.4, -0.2) is 5.91 Å². The van der Waals surface area contributed by atoms with Gasteiger partial charge in [0, 0.05) is 22.5 Å². The van der Waals surface area contributed by atoms with Crippen molar-refractivity contribution in [2.24, 2.45) is 5.92 Å². The molecule has 1 amide bonds. The molecule has 0 radical (unpaired) electrons. The minimum atomic E-state index is -0.276. The Morgan fingerprint density at radius 1 is 1.33 bits per heavy atom. The van der Waals surface area contributed by atoms with Crippen LogP contribution in [0.4, 0.5) is 4.39 Å². The van der Waals surface area contributed by atoms with E-state index in [0.717, 1.165) is 30.2 Å². The fourth-order valence-electron chi connectivity index (χ4n) is 2.37. The van der Waals surface area contributed by atoms with E-state index < -0.39 is 0 Å². The van der Waals surface area contributed by atoms with Gasteiger partial charge in [-0.1, -0.05) is 35.2 Å². The second-order valence-electron chi connectivity index (χ2n) is 4.79. The summed E-state index contributed by atoms with van der Waals surface area (Å²) in [6.45, 7) is 0.264. The highest BCUT2D eigenvalue weighted by Gasteiger charge is 2.20. The predicted molar refractivity (Wildman–Crippen MR) is 72.5 cm³/mol. The molecule has 0 bridgehead atoms. The highest BCUT2D eigenvalue weighted by atomic mass is 79.9. The molecule has 18 heavy (non-hydrogen) atoms. The molecule has 1 aromatic carbocycles. The Labute approximate surface area is 115 Å². The normalized spacial score (nSPS) is 16.6. The van der Waals surface area contributed by atoms with Crippen LogP contribution in [0.25, 0.3) is 0 Å². The fourth-order valence-corrected chi connectivity index (χ4v) is 2.78. The standard InChI is InChI=1S/C14H17BrFNO/c15-12-6-7-13(16)11(8-12)9-17-14(18)10-4-2-1-3-5-10/h6-8,10H,1-5,9H2,(H,17,18). The quantitative estimate of drug-likeness (QED) is 0.904. The molecule has 1 saturated carbocycles. The lowest BCUT2D eigenvalue weighted by Crippen LogP contribution is -2.31. The number of hydrogen-bond donors (Lipinski definition) is 1. The first kappa shape index (κ1) is 13.5. The van der Waals surface area contributed by atoms with E-state index >= 15 is 0 Å². The van der Waals surface area contributed by atoms with E-state index in [2.05, 4.69) is 21.2 Å². The maximum absolute atomic E-state index is 13.5. The molecule has 1 aliphatic rings. The van der Waals surface area contributed by atoms with Crippen molar-refractivity contribution in [3.8, 4) is 0 Å². The van der Waals surface area contributed by atoms with Gasteiger partial charge in [0.15, 0.2) is 0 Å². The summed E-state index contributed by atoms with van der Waals surface area (Å²) in [7, 11) is 0. The average Bonchev–Trinajstić information content (AvgIpc) is 2.40. The van der Waals surface area contributed by atoms with Gasteiger partial charge in [-0.2, -0.15) is 0 Å². The smallest absolute Gasteiger partial charge is 0.223 e. The Balaban J connectivity index is 1.90. The van der Waals surface area contributed by atoms with Crippen LogP contribution in [0, 0.1) is 11.7 Å². The minimum Gasteiger partial charge on any atom is -0.352 e. The second kappa shape index (κ2) is 6.32. The molecule has 98 valence electrons. The molecule has 1 fully saturated rings. The van der Waals surface area contributed by atoms with Gasteiger partial charge in [-0.05, 0) is 31.0 Å². The summed E-state index contributed by atoms with van der Waals surface area (Å²) in [6.07, 6.45) is 5.41. The maximum Gasteiger partial charge on any atom is 0.223 e. The van der Waals surface area contributed by atoms with Crippen LogP contribution in [0.1, 0.15) is 37.7 Å². The molecule has 0 unspecified atom stereocenters. The first-order chi connectivity index (χ1) is 8.66. The molecule has 0 heterocycles. The van der Waals surface area contributed by atoms with Gasteiger partial charge in [-0.15, -0.1) is 0 Å². The molecular weight excluding hydrogens is 297 g/mol. The molecule has 0 saturated heterocycles. The lowest BCUT2D eigenvalue weighted by Gasteiger charge is -2.20. The molecule has 1 aromatic rings. The van der Waals surface area contributed by atoms with Gasteiger partial charge < -0.3 is 5.32 Å². The van der Waals surface area contributed by atoms with Crippen molar-refractivity contribution in [3.63, 3.8) is 0 Å². The molecule has 1 aliphatic carbocycles. The number of carbonyl (C=O) groups excluding carboxylic acids is 1. The van der Waals surface area contributed by atoms with Crippen LogP contribution in [0.3, 0.4) is 0 Å². The van der Waals surface area contributed by atoms with E-state index in [-0.39, 0.29) is 24.2 Å². The van der Waals surface area contributed by atoms with Crippen molar-refractivity contribution in [3.05, 3.63) is 34.1 Å². The lowest BCUT2D eigenvalue weighted by molar-refractivity contribution is -0.126. The van der Waals surface area contributed by atoms with Gasteiger partial charge in [0.1, 0.15) is 5.82 Å². The summed E-state index contributed by atoms with van der Waals surface area (Å²) in [4.78, 5) is 11.9. The summed E-state index contributed by atoms with van der Waals surface area (Å²) in [5.41, 5.74) is 0.522. The van der Waals surface area contributed by atoms with E-state index in [9.17, 15) is 9.18 Å². The van der Waals surface area contributed by atoms with Gasteiger partial charge >= 0.3 is 0 Å². The molecule has 2 nitrogen and oxygen atoms in total. The summed E-state index contributed by atoms with van der Waals surface area (Å²) in [6, 6.07) is 4.77. The van der Waals surface area contributed by atoms with Crippen LogP contribution in [0.5, 0.6) is 0 Å². The molecule has 0 spiro atoms. The second-order valence-corrected chi connectivity index (χ2v) is 5.70. The Kier molecular flexibility index (Phi) is 4.75. The van der Waals surface area contributed by atoms with Crippen LogP contribution < -0.4 is 5.32 Å². The van der Waals surface area contributed by atoms with Gasteiger partial charge in [0.25, 0.3) is 0 Å². The van der Waals surface area contributed by atoms with Crippen molar-refractivity contribution in [2.75, 3.05) is 0 Å². The van der Waals surface area contributed by atoms with Crippen LogP contribution in [0.15, 0.2) is 22.7 Å². The summed E-state index contributed by atoms with van der Waals surface area (Å²) < 4.78 is 14.3. The van der Waals surface area contributed by atoms with Crippen molar-refractivity contribution in [1.82, 2.24) is 5.32 Å². The summed E-state index contributed by atoms with van der Waals surface area (Å²) >= 11 is 3.30. The Hall–Kier alpha value is -0.900. The number of benzene rings is 1. The highest BCUT2D eigenvalue weighted by molar-refractivity contribution is 9.10. The largest absolute Gasteiger partial charge is 0.352 e. The molecular formula is C14H17BrFNO. The summed E-state index contributed by atoms with van der Waals surface area (Å²) in [5.74, 6) is -0.0924. The highest BCUT2D eigenvalue weighted by Crippen LogP contribution is 2.24. The van der Waals surface area contributed by atoms with Crippen molar-refractivity contribution >= 4 is 21.8 Å². The molecule has 4 heteroatoms. The Morgan fingerprint density at radius 3 is 2.78 bits per heavy atom. The molecule has 1 N–H and O–H groups in total. The molecule has 2 rings (SSSR count). The van der Waals surface area contributed by atoms with E-state index in [1.54, 1.807) is 12.1 Å².